The Labute approximate surface area is 179 Å². The summed E-state index contributed by atoms with van der Waals surface area (Å²) < 4.78 is 2.05. The van der Waals surface area contributed by atoms with Crippen LogP contribution in [0, 0.1) is 13.8 Å². The van der Waals surface area contributed by atoms with Gasteiger partial charge in [-0.15, -0.1) is 11.3 Å². The van der Waals surface area contributed by atoms with E-state index in [4.69, 9.17) is 0 Å². The maximum Gasteiger partial charge on any atom is 0.243 e. The monoisotopic (exact) mass is 423 g/mol. The molecule has 4 rings (SSSR count). The average molecular weight is 424 g/mol. The zero-order valence-corrected chi connectivity index (χ0v) is 18.3. The maximum atomic E-state index is 12.6. The Morgan fingerprint density at radius 2 is 1.93 bits per heavy atom. The molecule has 7 nitrogen and oxygen atoms in total. The van der Waals surface area contributed by atoms with E-state index in [1.54, 1.807) is 23.3 Å². The highest BCUT2D eigenvalue weighted by Gasteiger charge is 2.23. The molecule has 0 unspecified atom stereocenters. The van der Waals surface area contributed by atoms with E-state index in [0.717, 1.165) is 34.0 Å². The number of aromatic nitrogens is 2. The third kappa shape index (κ3) is 4.14. The summed E-state index contributed by atoms with van der Waals surface area (Å²) in [5, 5.41) is 5.95. The van der Waals surface area contributed by atoms with Crippen molar-refractivity contribution in [2.75, 3.05) is 13.6 Å². The van der Waals surface area contributed by atoms with Crippen LogP contribution in [0.4, 0.5) is 0 Å². The van der Waals surface area contributed by atoms with Gasteiger partial charge in [-0.3, -0.25) is 14.0 Å². The summed E-state index contributed by atoms with van der Waals surface area (Å²) in [4.78, 5) is 33.5. The smallest absolute Gasteiger partial charge is 0.243 e. The maximum absolute atomic E-state index is 12.6. The summed E-state index contributed by atoms with van der Waals surface area (Å²) in [5.41, 5.74) is 3.89. The van der Waals surface area contributed by atoms with E-state index in [1.165, 1.54) is 9.89 Å². The van der Waals surface area contributed by atoms with Gasteiger partial charge in [0.05, 0.1) is 30.2 Å². The molecular formula is C22H25N5O2S. The van der Waals surface area contributed by atoms with Crippen molar-refractivity contribution >= 4 is 33.8 Å². The van der Waals surface area contributed by atoms with Crippen LogP contribution >= 0.6 is 11.3 Å². The van der Waals surface area contributed by atoms with Gasteiger partial charge in [-0.25, -0.2) is 9.99 Å². The number of carbonyl (C=O) groups excluding carboxylic acids is 2. The number of aryl methyl sites for hydroxylation is 2. The summed E-state index contributed by atoms with van der Waals surface area (Å²) in [6.07, 6.45) is 3.12. The Bertz CT molecular complexity index is 1120. The van der Waals surface area contributed by atoms with Crippen molar-refractivity contribution in [2.24, 2.45) is 5.10 Å². The first-order chi connectivity index (χ1) is 14.4. The molecule has 30 heavy (non-hydrogen) atoms. The SMILES string of the molecule is Cc1cn2c(CN(C)C(=O)CCC(=O)N3CCC(c4ccccc4)=N3)c(C)nc2s1. The van der Waals surface area contributed by atoms with Gasteiger partial charge in [-0.2, -0.15) is 5.10 Å². The number of hydrazone groups is 1. The number of imidazole rings is 1. The van der Waals surface area contributed by atoms with Gasteiger partial charge in [0.1, 0.15) is 0 Å². The Kier molecular flexibility index (Phi) is 5.67. The molecule has 1 aliphatic heterocycles. The van der Waals surface area contributed by atoms with Crippen molar-refractivity contribution in [1.82, 2.24) is 19.3 Å². The van der Waals surface area contributed by atoms with Gasteiger partial charge in [-0.1, -0.05) is 30.3 Å². The Morgan fingerprint density at radius 3 is 2.70 bits per heavy atom. The van der Waals surface area contributed by atoms with Crippen LogP contribution in [0.5, 0.6) is 0 Å². The summed E-state index contributed by atoms with van der Waals surface area (Å²) in [6.45, 7) is 5.04. The second-order valence-corrected chi connectivity index (χ2v) is 8.78. The van der Waals surface area contributed by atoms with Crippen LogP contribution in [0.3, 0.4) is 0 Å². The van der Waals surface area contributed by atoms with Crippen LogP contribution in [0.1, 0.15) is 41.1 Å². The number of carbonyl (C=O) groups is 2. The molecule has 8 heteroatoms. The topological polar surface area (TPSA) is 70.3 Å². The molecular weight excluding hydrogens is 398 g/mol. The summed E-state index contributed by atoms with van der Waals surface area (Å²) >= 11 is 1.64. The molecule has 0 fully saturated rings. The minimum absolute atomic E-state index is 0.0592. The second-order valence-electron chi connectivity index (χ2n) is 7.57. The van der Waals surface area contributed by atoms with Crippen LogP contribution < -0.4 is 0 Å². The molecule has 2 aromatic heterocycles. The number of hydrogen-bond acceptors (Lipinski definition) is 5. The van der Waals surface area contributed by atoms with Gasteiger partial charge in [0.2, 0.25) is 11.8 Å². The number of nitrogens with zero attached hydrogens (tertiary/aromatic N) is 5. The molecule has 0 spiro atoms. The molecule has 156 valence electrons. The Morgan fingerprint density at radius 1 is 1.17 bits per heavy atom. The highest BCUT2D eigenvalue weighted by molar-refractivity contribution is 7.17. The van der Waals surface area contributed by atoms with Gasteiger partial charge in [0.15, 0.2) is 4.96 Å². The molecule has 0 N–H and O–H groups in total. The van der Waals surface area contributed by atoms with Crippen LogP contribution in [-0.4, -0.2) is 50.4 Å². The lowest BCUT2D eigenvalue weighted by Crippen LogP contribution is -2.29. The van der Waals surface area contributed by atoms with Gasteiger partial charge >= 0.3 is 0 Å². The van der Waals surface area contributed by atoms with Gasteiger partial charge < -0.3 is 4.90 Å². The number of thiazole rings is 1. The standard InChI is InChI=1S/C22H25N5O2S/c1-15-13-26-19(16(2)23-22(26)30-15)14-25(3)20(28)9-10-21(29)27-12-11-18(24-27)17-7-5-4-6-8-17/h4-8,13H,9-12,14H2,1-3H3. The molecule has 0 bridgehead atoms. The Hall–Kier alpha value is -3.00. The highest BCUT2D eigenvalue weighted by Crippen LogP contribution is 2.22. The second kappa shape index (κ2) is 8.39. The molecule has 3 aromatic rings. The fourth-order valence-electron chi connectivity index (χ4n) is 3.62. The highest BCUT2D eigenvalue weighted by atomic mass is 32.1. The van der Waals surface area contributed by atoms with E-state index in [2.05, 4.69) is 10.1 Å². The molecule has 0 saturated heterocycles. The average Bonchev–Trinajstić information content (AvgIpc) is 3.43. The predicted molar refractivity (Wildman–Crippen MR) is 118 cm³/mol. The molecule has 1 aliphatic rings. The van der Waals surface area contributed by atoms with Gasteiger partial charge in [0, 0.05) is 37.4 Å². The zero-order chi connectivity index (χ0) is 21.3. The van der Waals surface area contributed by atoms with Crippen LogP contribution in [0.25, 0.3) is 4.96 Å². The first-order valence-electron chi connectivity index (χ1n) is 10.0. The van der Waals surface area contributed by atoms with Crippen molar-refractivity contribution < 1.29 is 9.59 Å². The lowest BCUT2D eigenvalue weighted by atomic mass is 10.1. The fraction of sp³-hybridized carbons (Fsp3) is 0.364. The van der Waals surface area contributed by atoms with Crippen molar-refractivity contribution in [3.63, 3.8) is 0 Å². The third-order valence-electron chi connectivity index (χ3n) is 5.30. The number of fused-ring (bicyclic) bond motifs is 1. The molecule has 0 aliphatic carbocycles. The summed E-state index contributed by atoms with van der Waals surface area (Å²) in [6, 6.07) is 9.87. The molecule has 3 heterocycles. The van der Waals surface area contributed by atoms with Gasteiger partial charge in [-0.05, 0) is 19.4 Å². The molecule has 0 radical (unpaired) electrons. The molecule has 2 amide bonds. The fourth-order valence-corrected chi connectivity index (χ4v) is 4.51. The van der Waals surface area contributed by atoms with E-state index < -0.39 is 0 Å². The number of rotatable bonds is 6. The number of amides is 2. The van der Waals surface area contributed by atoms with Crippen molar-refractivity contribution in [3.05, 3.63) is 58.4 Å². The molecule has 1 aromatic carbocycles. The molecule has 0 saturated carbocycles. The van der Waals surface area contributed by atoms with Crippen LogP contribution in [0.15, 0.2) is 41.6 Å². The van der Waals surface area contributed by atoms with Gasteiger partial charge in [0.25, 0.3) is 0 Å². The van der Waals surface area contributed by atoms with Crippen molar-refractivity contribution in [1.29, 1.82) is 0 Å². The van der Waals surface area contributed by atoms with E-state index in [-0.39, 0.29) is 24.7 Å². The van der Waals surface area contributed by atoms with E-state index >= 15 is 0 Å². The Balaban J connectivity index is 1.33. The van der Waals surface area contributed by atoms with E-state index in [1.807, 2.05) is 54.8 Å². The first-order valence-corrected chi connectivity index (χ1v) is 10.8. The summed E-state index contributed by atoms with van der Waals surface area (Å²) in [5.74, 6) is -0.171. The van der Waals surface area contributed by atoms with Crippen LogP contribution in [-0.2, 0) is 16.1 Å². The first kappa shape index (κ1) is 20.3. The van der Waals surface area contributed by atoms with E-state index in [9.17, 15) is 9.59 Å². The lowest BCUT2D eigenvalue weighted by Gasteiger charge is -2.18. The molecule has 0 atom stereocenters. The van der Waals surface area contributed by atoms with Crippen LogP contribution in [0.2, 0.25) is 0 Å². The number of hydrogen-bond donors (Lipinski definition) is 0. The minimum atomic E-state index is -0.112. The third-order valence-corrected chi connectivity index (χ3v) is 6.20. The largest absolute Gasteiger partial charge is 0.340 e. The van der Waals surface area contributed by atoms with Crippen molar-refractivity contribution in [2.45, 2.75) is 39.7 Å². The normalized spacial score (nSPS) is 13.7. The van der Waals surface area contributed by atoms with E-state index in [0.29, 0.717) is 13.1 Å². The lowest BCUT2D eigenvalue weighted by molar-refractivity contribution is -0.136. The minimum Gasteiger partial charge on any atom is -0.340 e. The summed E-state index contributed by atoms with van der Waals surface area (Å²) in [7, 11) is 1.77. The van der Waals surface area contributed by atoms with Crippen molar-refractivity contribution in [3.8, 4) is 0 Å². The quantitative estimate of drug-likeness (QED) is 0.610. The predicted octanol–water partition coefficient (Wildman–Crippen LogP) is 3.39. The number of benzene rings is 1. The zero-order valence-electron chi connectivity index (χ0n) is 17.5.